The van der Waals surface area contributed by atoms with Gasteiger partial charge in [0, 0.05) is 12.1 Å². The fourth-order valence-electron chi connectivity index (χ4n) is 2.91. The molecule has 1 saturated heterocycles. The number of nitro benzene ring substituents is 1. The fourth-order valence-corrected chi connectivity index (χ4v) is 3.75. The lowest BCUT2D eigenvalue weighted by Crippen LogP contribution is -2.27. The molecule has 0 spiro atoms. The molecule has 3 rings (SSSR count). The first-order valence-electron chi connectivity index (χ1n) is 9.65. The zero-order valence-corrected chi connectivity index (χ0v) is 18.2. The maximum atomic E-state index is 12.8. The number of nitrogens with zero attached hydrogens (tertiary/aromatic N) is 2. The van der Waals surface area contributed by atoms with Gasteiger partial charge in [0.1, 0.15) is 0 Å². The summed E-state index contributed by atoms with van der Waals surface area (Å²) >= 11 is 0.831. The smallest absolute Gasteiger partial charge is 0.293 e. The van der Waals surface area contributed by atoms with Gasteiger partial charge in [-0.05, 0) is 54.4 Å². The van der Waals surface area contributed by atoms with Crippen molar-refractivity contribution in [3.63, 3.8) is 0 Å². The Morgan fingerprint density at radius 2 is 1.97 bits per heavy atom. The molecule has 0 radical (unpaired) electrons. The van der Waals surface area contributed by atoms with Gasteiger partial charge in [0.25, 0.3) is 16.8 Å². The van der Waals surface area contributed by atoms with E-state index in [4.69, 9.17) is 9.47 Å². The van der Waals surface area contributed by atoms with Gasteiger partial charge in [-0.25, -0.2) is 0 Å². The lowest BCUT2D eigenvalue weighted by molar-refractivity contribution is -0.384. The number of methoxy groups -OCH3 is 1. The molecule has 1 heterocycles. The molecular weight excluding hydrogens is 420 g/mol. The minimum Gasteiger partial charge on any atom is -0.493 e. The summed E-state index contributed by atoms with van der Waals surface area (Å²) in [6.07, 6.45) is 2.50. The van der Waals surface area contributed by atoms with Gasteiger partial charge in [0.05, 0.1) is 29.6 Å². The van der Waals surface area contributed by atoms with Gasteiger partial charge in [-0.3, -0.25) is 24.6 Å². The van der Waals surface area contributed by atoms with Crippen molar-refractivity contribution in [3.05, 3.63) is 68.6 Å². The number of imide groups is 1. The molecule has 0 aliphatic carbocycles. The Hall–Kier alpha value is -3.33. The standard InChI is InChI=1S/C22H22N2O6S/c1-4-14(2)30-18-9-8-15(11-19(18)29-3)12-20-21(25)23(22(26)31-20)13-16-6-5-7-17(10-16)24(27)28/h5-12,14H,4,13H2,1-3H3. The fraction of sp³-hybridized carbons (Fsp3) is 0.273. The quantitative estimate of drug-likeness (QED) is 0.322. The number of amides is 2. The first kappa shape index (κ1) is 22.4. The molecule has 0 bridgehead atoms. The molecule has 162 valence electrons. The second-order valence-electron chi connectivity index (χ2n) is 6.94. The molecule has 31 heavy (non-hydrogen) atoms. The second-order valence-corrected chi connectivity index (χ2v) is 7.94. The van der Waals surface area contributed by atoms with Gasteiger partial charge >= 0.3 is 0 Å². The van der Waals surface area contributed by atoms with Crippen molar-refractivity contribution in [2.75, 3.05) is 7.11 Å². The van der Waals surface area contributed by atoms with E-state index in [1.807, 2.05) is 13.8 Å². The highest BCUT2D eigenvalue weighted by atomic mass is 32.2. The number of ether oxygens (including phenoxy) is 2. The Bertz CT molecular complexity index is 1050. The first-order valence-corrected chi connectivity index (χ1v) is 10.5. The van der Waals surface area contributed by atoms with Crippen LogP contribution >= 0.6 is 11.8 Å². The predicted octanol–water partition coefficient (Wildman–Crippen LogP) is 5.02. The normalized spacial score (nSPS) is 16.0. The Kier molecular flexibility index (Phi) is 6.96. The van der Waals surface area contributed by atoms with Crippen LogP contribution in [0.3, 0.4) is 0 Å². The first-order chi connectivity index (χ1) is 14.8. The monoisotopic (exact) mass is 442 g/mol. The summed E-state index contributed by atoms with van der Waals surface area (Å²) in [6, 6.07) is 11.2. The summed E-state index contributed by atoms with van der Waals surface area (Å²) in [7, 11) is 1.54. The van der Waals surface area contributed by atoms with Gasteiger partial charge in [-0.15, -0.1) is 0 Å². The molecule has 0 saturated carbocycles. The van der Waals surface area contributed by atoms with Crippen LogP contribution in [0.5, 0.6) is 11.5 Å². The third-order valence-electron chi connectivity index (χ3n) is 4.72. The molecule has 2 aromatic rings. The molecule has 1 aliphatic heterocycles. The van der Waals surface area contributed by atoms with E-state index in [0.29, 0.717) is 22.6 Å². The van der Waals surface area contributed by atoms with Gasteiger partial charge in [-0.2, -0.15) is 0 Å². The van der Waals surface area contributed by atoms with Crippen LogP contribution in [0.1, 0.15) is 31.4 Å². The van der Waals surface area contributed by atoms with E-state index < -0.39 is 16.1 Å². The average Bonchev–Trinajstić information content (AvgIpc) is 3.02. The van der Waals surface area contributed by atoms with Crippen molar-refractivity contribution in [1.82, 2.24) is 4.90 Å². The largest absolute Gasteiger partial charge is 0.493 e. The number of benzene rings is 2. The molecule has 1 unspecified atom stereocenters. The van der Waals surface area contributed by atoms with Crippen molar-refractivity contribution in [2.45, 2.75) is 32.9 Å². The van der Waals surface area contributed by atoms with Gasteiger partial charge in [0.15, 0.2) is 11.5 Å². The van der Waals surface area contributed by atoms with Crippen LogP contribution in [0.25, 0.3) is 6.08 Å². The van der Waals surface area contributed by atoms with Gasteiger partial charge in [-0.1, -0.05) is 25.1 Å². The average molecular weight is 442 g/mol. The van der Waals surface area contributed by atoms with E-state index in [1.165, 1.54) is 25.3 Å². The molecule has 2 aromatic carbocycles. The molecule has 8 nitrogen and oxygen atoms in total. The van der Waals surface area contributed by atoms with Gasteiger partial charge < -0.3 is 9.47 Å². The number of rotatable bonds is 8. The maximum Gasteiger partial charge on any atom is 0.293 e. The maximum absolute atomic E-state index is 12.8. The van der Waals surface area contributed by atoms with E-state index in [-0.39, 0.29) is 23.2 Å². The zero-order valence-electron chi connectivity index (χ0n) is 17.4. The Labute approximate surface area is 184 Å². The summed E-state index contributed by atoms with van der Waals surface area (Å²) in [5, 5.41) is 10.5. The topological polar surface area (TPSA) is 99.0 Å². The van der Waals surface area contributed by atoms with Crippen molar-refractivity contribution in [2.24, 2.45) is 0 Å². The van der Waals surface area contributed by atoms with E-state index in [1.54, 1.807) is 30.3 Å². The summed E-state index contributed by atoms with van der Waals surface area (Å²) < 4.78 is 11.2. The number of hydrogen-bond acceptors (Lipinski definition) is 7. The van der Waals surface area contributed by atoms with Gasteiger partial charge in [0.2, 0.25) is 0 Å². The summed E-state index contributed by atoms with van der Waals surface area (Å²) in [4.78, 5) is 36.9. The summed E-state index contributed by atoms with van der Waals surface area (Å²) in [6.45, 7) is 3.95. The summed E-state index contributed by atoms with van der Waals surface area (Å²) in [5.41, 5.74) is 1.10. The Balaban J connectivity index is 1.80. The molecule has 1 aliphatic rings. The van der Waals surface area contributed by atoms with E-state index in [0.717, 1.165) is 23.1 Å². The second kappa shape index (κ2) is 9.65. The number of hydrogen-bond donors (Lipinski definition) is 0. The van der Waals surface area contributed by atoms with E-state index >= 15 is 0 Å². The molecule has 0 N–H and O–H groups in total. The van der Waals surface area contributed by atoms with Crippen molar-refractivity contribution < 1.29 is 24.0 Å². The van der Waals surface area contributed by atoms with Crippen LogP contribution in [0.2, 0.25) is 0 Å². The highest BCUT2D eigenvalue weighted by molar-refractivity contribution is 8.18. The van der Waals surface area contributed by atoms with Crippen molar-refractivity contribution >= 4 is 34.7 Å². The number of non-ortho nitro benzene ring substituents is 1. The van der Waals surface area contributed by atoms with Crippen LogP contribution in [0.15, 0.2) is 47.4 Å². The summed E-state index contributed by atoms with van der Waals surface area (Å²) in [5.74, 6) is 0.693. The highest BCUT2D eigenvalue weighted by Crippen LogP contribution is 2.35. The number of carbonyl (C=O) groups excluding carboxylic acids is 2. The van der Waals surface area contributed by atoms with Crippen molar-refractivity contribution in [1.29, 1.82) is 0 Å². The minimum atomic E-state index is -0.515. The number of carbonyl (C=O) groups is 2. The Morgan fingerprint density at radius 3 is 2.65 bits per heavy atom. The molecule has 1 atom stereocenters. The molecule has 1 fully saturated rings. The lowest BCUT2D eigenvalue weighted by Gasteiger charge is -2.15. The number of thioether (sulfide) groups is 1. The van der Waals surface area contributed by atoms with Crippen LogP contribution < -0.4 is 9.47 Å². The molecule has 2 amide bonds. The van der Waals surface area contributed by atoms with E-state index in [2.05, 4.69) is 0 Å². The number of nitro groups is 1. The molecule has 0 aromatic heterocycles. The molecule has 9 heteroatoms. The van der Waals surface area contributed by atoms with Crippen LogP contribution in [0, 0.1) is 10.1 Å². The SMILES string of the molecule is CCC(C)Oc1ccc(C=C2SC(=O)N(Cc3cccc([N+](=O)[O-])c3)C2=O)cc1OC. The van der Waals surface area contributed by atoms with Crippen molar-refractivity contribution in [3.8, 4) is 11.5 Å². The van der Waals surface area contributed by atoms with Crippen LogP contribution in [-0.2, 0) is 11.3 Å². The zero-order chi connectivity index (χ0) is 22.5. The predicted molar refractivity (Wildman–Crippen MR) is 118 cm³/mol. The highest BCUT2D eigenvalue weighted by Gasteiger charge is 2.35. The minimum absolute atomic E-state index is 0.0325. The Morgan fingerprint density at radius 1 is 1.19 bits per heavy atom. The van der Waals surface area contributed by atoms with Crippen LogP contribution in [-0.4, -0.2) is 34.2 Å². The van der Waals surface area contributed by atoms with Crippen LogP contribution in [0.4, 0.5) is 10.5 Å². The van der Waals surface area contributed by atoms with E-state index in [9.17, 15) is 19.7 Å². The third-order valence-corrected chi connectivity index (χ3v) is 5.63. The lowest BCUT2D eigenvalue weighted by atomic mass is 10.1. The third kappa shape index (κ3) is 5.24. The molecular formula is C22H22N2O6S.